The van der Waals surface area contributed by atoms with Gasteiger partial charge in [0.2, 0.25) is 5.91 Å². The van der Waals surface area contributed by atoms with Gasteiger partial charge in [-0.3, -0.25) is 14.6 Å². The molecule has 0 bridgehead atoms. The quantitative estimate of drug-likeness (QED) is 0.784. The molecule has 1 N–H and O–H groups in total. The van der Waals surface area contributed by atoms with E-state index < -0.39 is 0 Å². The number of carbonyl (C=O) groups is 1. The highest BCUT2D eigenvalue weighted by atomic mass is 16.5. The Morgan fingerprint density at radius 1 is 1.28 bits per heavy atom. The fraction of sp³-hybridized carbons (Fsp3) is 0.650. The number of likely N-dealkylation sites (tertiary alicyclic amines) is 1. The summed E-state index contributed by atoms with van der Waals surface area (Å²) in [6.07, 6.45) is 3.14. The summed E-state index contributed by atoms with van der Waals surface area (Å²) in [4.78, 5) is 16.7. The molecule has 1 aliphatic rings. The van der Waals surface area contributed by atoms with Gasteiger partial charge >= 0.3 is 0 Å². The van der Waals surface area contributed by atoms with Crippen LogP contribution in [0.5, 0.6) is 5.75 Å². The van der Waals surface area contributed by atoms with E-state index in [1.807, 2.05) is 31.1 Å². The number of hydrogen-bond acceptors (Lipinski definition) is 4. The van der Waals surface area contributed by atoms with Crippen LogP contribution in [0, 0.1) is 5.92 Å². The Morgan fingerprint density at radius 3 is 2.44 bits per heavy atom. The van der Waals surface area contributed by atoms with Crippen LogP contribution in [0.3, 0.4) is 0 Å². The third-order valence-electron chi connectivity index (χ3n) is 5.15. The van der Waals surface area contributed by atoms with Gasteiger partial charge in [-0.25, -0.2) is 0 Å². The van der Waals surface area contributed by atoms with Gasteiger partial charge in [-0.1, -0.05) is 19.1 Å². The SMILES string of the molecule is CCC(C(=O)NCC1CCN(Cc2ccc(OC)cc2)CC1)N(C)C. The van der Waals surface area contributed by atoms with Crippen LogP contribution in [0.2, 0.25) is 0 Å². The van der Waals surface area contributed by atoms with E-state index in [2.05, 4.69) is 29.3 Å². The van der Waals surface area contributed by atoms with Crippen LogP contribution in [0.15, 0.2) is 24.3 Å². The molecule has 0 spiro atoms. The van der Waals surface area contributed by atoms with Crippen LogP contribution in [0.25, 0.3) is 0 Å². The van der Waals surface area contributed by atoms with Gasteiger partial charge < -0.3 is 10.1 Å². The first-order valence-electron chi connectivity index (χ1n) is 9.33. The number of piperidine rings is 1. The second-order valence-corrected chi connectivity index (χ2v) is 7.20. The average molecular weight is 348 g/mol. The molecule has 1 aliphatic heterocycles. The molecule has 5 heteroatoms. The van der Waals surface area contributed by atoms with Gasteiger partial charge in [0, 0.05) is 13.1 Å². The van der Waals surface area contributed by atoms with Crippen molar-refractivity contribution in [2.45, 2.75) is 38.8 Å². The molecule has 1 aromatic rings. The number of likely N-dealkylation sites (N-methyl/N-ethyl adjacent to an activating group) is 1. The van der Waals surface area contributed by atoms with E-state index in [0.29, 0.717) is 5.92 Å². The van der Waals surface area contributed by atoms with E-state index >= 15 is 0 Å². The summed E-state index contributed by atoms with van der Waals surface area (Å²) in [5.41, 5.74) is 1.32. The topological polar surface area (TPSA) is 44.8 Å². The van der Waals surface area contributed by atoms with E-state index in [0.717, 1.165) is 51.2 Å². The van der Waals surface area contributed by atoms with Crippen molar-refractivity contribution in [3.63, 3.8) is 0 Å². The molecule has 1 fully saturated rings. The molecule has 1 saturated heterocycles. The number of hydrogen-bond donors (Lipinski definition) is 1. The summed E-state index contributed by atoms with van der Waals surface area (Å²) in [5, 5.41) is 3.15. The highest BCUT2D eigenvalue weighted by Crippen LogP contribution is 2.19. The molecule has 140 valence electrons. The number of amides is 1. The van der Waals surface area contributed by atoms with Crippen molar-refractivity contribution < 1.29 is 9.53 Å². The van der Waals surface area contributed by atoms with Crippen molar-refractivity contribution in [2.75, 3.05) is 40.8 Å². The molecule has 1 unspecified atom stereocenters. The van der Waals surface area contributed by atoms with Crippen molar-refractivity contribution >= 4 is 5.91 Å². The number of nitrogens with zero attached hydrogens (tertiary/aromatic N) is 2. The van der Waals surface area contributed by atoms with E-state index in [-0.39, 0.29) is 11.9 Å². The normalized spacial score (nSPS) is 17.5. The summed E-state index contributed by atoms with van der Waals surface area (Å²) in [5.74, 6) is 1.66. The van der Waals surface area contributed by atoms with Crippen molar-refractivity contribution in [1.82, 2.24) is 15.1 Å². The Kier molecular flexibility index (Phi) is 7.72. The Balaban J connectivity index is 1.71. The van der Waals surface area contributed by atoms with Crippen LogP contribution >= 0.6 is 0 Å². The molecule has 1 atom stereocenters. The lowest BCUT2D eigenvalue weighted by molar-refractivity contribution is -0.125. The van der Waals surface area contributed by atoms with E-state index in [1.54, 1.807) is 7.11 Å². The number of ether oxygens (including phenoxy) is 1. The van der Waals surface area contributed by atoms with E-state index in [1.165, 1.54) is 5.56 Å². The van der Waals surface area contributed by atoms with Gasteiger partial charge in [0.05, 0.1) is 13.2 Å². The van der Waals surface area contributed by atoms with E-state index in [4.69, 9.17) is 4.74 Å². The Bertz CT molecular complexity index is 522. The highest BCUT2D eigenvalue weighted by molar-refractivity contribution is 5.81. The highest BCUT2D eigenvalue weighted by Gasteiger charge is 2.22. The summed E-state index contributed by atoms with van der Waals surface area (Å²) in [6.45, 7) is 6.04. The second kappa shape index (κ2) is 9.78. The van der Waals surface area contributed by atoms with Crippen LogP contribution in [-0.2, 0) is 11.3 Å². The number of benzene rings is 1. The van der Waals surface area contributed by atoms with Crippen LogP contribution in [0.1, 0.15) is 31.7 Å². The van der Waals surface area contributed by atoms with Crippen LogP contribution < -0.4 is 10.1 Å². The molecular formula is C20H33N3O2. The molecule has 0 radical (unpaired) electrons. The minimum atomic E-state index is -0.0184. The van der Waals surface area contributed by atoms with Crippen LogP contribution in [-0.4, -0.2) is 62.6 Å². The Morgan fingerprint density at radius 2 is 1.92 bits per heavy atom. The molecule has 5 nitrogen and oxygen atoms in total. The third-order valence-corrected chi connectivity index (χ3v) is 5.15. The minimum Gasteiger partial charge on any atom is -0.497 e. The maximum atomic E-state index is 12.2. The number of nitrogens with one attached hydrogen (secondary N) is 1. The van der Waals surface area contributed by atoms with Gasteiger partial charge in [-0.05, 0) is 70.1 Å². The second-order valence-electron chi connectivity index (χ2n) is 7.20. The molecule has 0 saturated carbocycles. The molecule has 2 rings (SSSR count). The third kappa shape index (κ3) is 6.01. The zero-order valence-corrected chi connectivity index (χ0v) is 16.1. The van der Waals surface area contributed by atoms with Crippen molar-refractivity contribution in [1.29, 1.82) is 0 Å². The average Bonchev–Trinajstić information content (AvgIpc) is 2.62. The maximum absolute atomic E-state index is 12.2. The van der Waals surface area contributed by atoms with Crippen molar-refractivity contribution in [3.05, 3.63) is 29.8 Å². The maximum Gasteiger partial charge on any atom is 0.237 e. The first kappa shape index (κ1) is 19.7. The van der Waals surface area contributed by atoms with Gasteiger partial charge in [0.15, 0.2) is 0 Å². The fourth-order valence-corrected chi connectivity index (χ4v) is 3.49. The largest absolute Gasteiger partial charge is 0.497 e. The lowest BCUT2D eigenvalue weighted by Crippen LogP contribution is -2.45. The first-order chi connectivity index (χ1) is 12.0. The Labute approximate surface area is 152 Å². The molecule has 1 heterocycles. The lowest BCUT2D eigenvalue weighted by Gasteiger charge is -2.32. The van der Waals surface area contributed by atoms with Gasteiger partial charge in [-0.15, -0.1) is 0 Å². The summed E-state index contributed by atoms with van der Waals surface area (Å²) in [7, 11) is 5.62. The van der Waals surface area contributed by atoms with E-state index in [9.17, 15) is 4.79 Å². The molecule has 1 aromatic carbocycles. The standard InChI is InChI=1S/C20H33N3O2/c1-5-19(22(2)3)20(24)21-14-16-10-12-23(13-11-16)15-17-6-8-18(25-4)9-7-17/h6-9,16,19H,5,10-15H2,1-4H3,(H,21,24). The smallest absolute Gasteiger partial charge is 0.237 e. The monoisotopic (exact) mass is 347 g/mol. The number of carbonyl (C=O) groups excluding carboxylic acids is 1. The van der Waals surface area contributed by atoms with Crippen LogP contribution in [0.4, 0.5) is 0 Å². The molecule has 0 aromatic heterocycles. The Hall–Kier alpha value is -1.59. The minimum absolute atomic E-state index is 0.0184. The molecule has 25 heavy (non-hydrogen) atoms. The summed E-state index contributed by atoms with van der Waals surface area (Å²) < 4.78 is 5.21. The summed E-state index contributed by atoms with van der Waals surface area (Å²) in [6, 6.07) is 8.29. The molecular weight excluding hydrogens is 314 g/mol. The van der Waals surface area contributed by atoms with Crippen molar-refractivity contribution in [3.8, 4) is 5.75 Å². The predicted octanol–water partition coefficient (Wildman–Crippen LogP) is 2.36. The zero-order valence-electron chi connectivity index (χ0n) is 16.1. The van der Waals surface area contributed by atoms with Gasteiger partial charge in [0.25, 0.3) is 0 Å². The number of rotatable bonds is 8. The first-order valence-corrected chi connectivity index (χ1v) is 9.33. The number of methoxy groups -OCH3 is 1. The van der Waals surface area contributed by atoms with Gasteiger partial charge in [0.1, 0.15) is 5.75 Å². The summed E-state index contributed by atoms with van der Waals surface area (Å²) >= 11 is 0. The molecule has 1 amide bonds. The van der Waals surface area contributed by atoms with Gasteiger partial charge in [-0.2, -0.15) is 0 Å². The fourth-order valence-electron chi connectivity index (χ4n) is 3.49. The zero-order chi connectivity index (χ0) is 18.2. The molecule has 0 aliphatic carbocycles. The lowest BCUT2D eigenvalue weighted by atomic mass is 9.96. The predicted molar refractivity (Wildman–Crippen MR) is 102 cm³/mol. The van der Waals surface area contributed by atoms with Crippen molar-refractivity contribution in [2.24, 2.45) is 5.92 Å².